The Balaban J connectivity index is 2.09. The molecule has 0 unspecified atom stereocenters. The molecule has 0 amide bonds. The average Bonchev–Trinajstić information content (AvgIpc) is 2.84. The van der Waals surface area contributed by atoms with E-state index in [4.69, 9.17) is 9.52 Å². The van der Waals surface area contributed by atoms with Crippen LogP contribution in [-0.2, 0) is 13.1 Å². The van der Waals surface area contributed by atoms with Crippen LogP contribution in [0, 0.1) is 5.82 Å². The molecule has 1 aromatic carbocycles. The van der Waals surface area contributed by atoms with E-state index in [2.05, 4.69) is 0 Å². The van der Waals surface area contributed by atoms with Gasteiger partial charge in [-0.1, -0.05) is 0 Å². The van der Waals surface area contributed by atoms with Gasteiger partial charge in [0.1, 0.15) is 5.82 Å². The molecule has 0 radical (unpaired) electrons. The summed E-state index contributed by atoms with van der Waals surface area (Å²) in [4.78, 5) is 12.7. The van der Waals surface area contributed by atoms with Gasteiger partial charge in [-0.3, -0.25) is 4.90 Å². The Kier molecular flexibility index (Phi) is 3.97. The van der Waals surface area contributed by atoms with E-state index in [9.17, 15) is 9.18 Å². The Morgan fingerprint density at radius 3 is 2.79 bits per heavy atom. The third-order valence-corrected chi connectivity index (χ3v) is 2.77. The Hall–Kier alpha value is -2.14. The van der Waals surface area contributed by atoms with E-state index < -0.39 is 11.8 Å². The van der Waals surface area contributed by atoms with E-state index in [0.717, 1.165) is 5.56 Å². The minimum absolute atomic E-state index is 0.0908. The van der Waals surface area contributed by atoms with Crippen molar-refractivity contribution in [1.82, 2.24) is 4.90 Å². The monoisotopic (exact) mass is 263 g/mol. The van der Waals surface area contributed by atoms with E-state index in [1.807, 2.05) is 18.0 Å². The number of halogens is 1. The van der Waals surface area contributed by atoms with E-state index in [-0.39, 0.29) is 5.56 Å². The third-order valence-electron chi connectivity index (χ3n) is 2.77. The first-order chi connectivity index (χ1) is 9.06. The second-order valence-electron chi connectivity index (χ2n) is 4.42. The van der Waals surface area contributed by atoms with Crippen molar-refractivity contribution in [3.63, 3.8) is 0 Å². The second-order valence-corrected chi connectivity index (χ2v) is 4.42. The Labute approximate surface area is 110 Å². The molecule has 0 aliphatic carbocycles. The smallest absolute Gasteiger partial charge is 0.335 e. The lowest BCUT2D eigenvalue weighted by molar-refractivity contribution is 0.0696. The first kappa shape index (κ1) is 13.3. The highest BCUT2D eigenvalue weighted by atomic mass is 19.1. The summed E-state index contributed by atoms with van der Waals surface area (Å²) in [6.45, 7) is 0.936. The zero-order valence-corrected chi connectivity index (χ0v) is 10.5. The molecule has 2 aromatic rings. The molecule has 0 atom stereocenters. The van der Waals surface area contributed by atoms with Crippen molar-refractivity contribution in [2.24, 2.45) is 0 Å². The minimum Gasteiger partial charge on any atom is -0.478 e. The van der Waals surface area contributed by atoms with E-state index in [1.165, 1.54) is 18.2 Å². The summed E-state index contributed by atoms with van der Waals surface area (Å²) in [5.74, 6) is -1.46. The highest BCUT2D eigenvalue weighted by Crippen LogP contribution is 2.14. The van der Waals surface area contributed by atoms with Crippen molar-refractivity contribution < 1.29 is 18.7 Å². The number of benzene rings is 1. The van der Waals surface area contributed by atoms with Crippen LogP contribution >= 0.6 is 0 Å². The zero-order chi connectivity index (χ0) is 13.8. The summed E-state index contributed by atoms with van der Waals surface area (Å²) in [7, 11) is 1.83. The average molecular weight is 263 g/mol. The molecule has 19 heavy (non-hydrogen) atoms. The van der Waals surface area contributed by atoms with E-state index in [1.54, 1.807) is 12.5 Å². The van der Waals surface area contributed by atoms with Gasteiger partial charge in [-0.15, -0.1) is 0 Å². The molecule has 0 saturated heterocycles. The summed E-state index contributed by atoms with van der Waals surface area (Å²) in [5, 5.41) is 8.89. The van der Waals surface area contributed by atoms with Crippen LogP contribution in [0.15, 0.2) is 41.2 Å². The van der Waals surface area contributed by atoms with Crippen molar-refractivity contribution in [2.75, 3.05) is 7.05 Å². The maximum absolute atomic E-state index is 13.6. The SMILES string of the molecule is CN(Cc1ccoc1)Cc1cc(C(=O)O)ccc1F. The van der Waals surface area contributed by atoms with E-state index in [0.29, 0.717) is 18.7 Å². The standard InChI is InChI=1S/C14H14FNO3/c1-16(7-10-4-5-19-9-10)8-12-6-11(14(17)18)2-3-13(12)15/h2-6,9H,7-8H2,1H3,(H,17,18). The molecular formula is C14H14FNO3. The topological polar surface area (TPSA) is 53.7 Å². The van der Waals surface area contributed by atoms with Crippen molar-refractivity contribution in [2.45, 2.75) is 13.1 Å². The molecule has 2 rings (SSSR count). The fourth-order valence-corrected chi connectivity index (χ4v) is 1.87. The van der Waals surface area contributed by atoms with Crippen LogP contribution in [0.2, 0.25) is 0 Å². The lowest BCUT2D eigenvalue weighted by Gasteiger charge is -2.16. The Bertz CT molecular complexity index is 566. The van der Waals surface area contributed by atoms with Crippen molar-refractivity contribution in [3.8, 4) is 0 Å². The highest BCUT2D eigenvalue weighted by molar-refractivity contribution is 5.87. The first-order valence-electron chi connectivity index (χ1n) is 5.77. The molecular weight excluding hydrogens is 249 g/mol. The number of rotatable bonds is 5. The van der Waals surface area contributed by atoms with Crippen molar-refractivity contribution >= 4 is 5.97 Å². The number of nitrogens with zero attached hydrogens (tertiary/aromatic N) is 1. The minimum atomic E-state index is -1.06. The van der Waals surface area contributed by atoms with Crippen LogP contribution in [0.1, 0.15) is 21.5 Å². The molecule has 0 bridgehead atoms. The van der Waals surface area contributed by atoms with Gasteiger partial charge in [0.05, 0.1) is 18.1 Å². The predicted octanol–water partition coefficient (Wildman–Crippen LogP) is 2.75. The molecule has 100 valence electrons. The van der Waals surface area contributed by atoms with Gasteiger partial charge in [0.15, 0.2) is 0 Å². The quantitative estimate of drug-likeness (QED) is 0.901. The molecule has 1 heterocycles. The number of aromatic carboxylic acids is 1. The predicted molar refractivity (Wildman–Crippen MR) is 67.2 cm³/mol. The number of hydrogen-bond donors (Lipinski definition) is 1. The number of furan rings is 1. The lowest BCUT2D eigenvalue weighted by Crippen LogP contribution is -2.18. The highest BCUT2D eigenvalue weighted by Gasteiger charge is 2.11. The summed E-state index contributed by atoms with van der Waals surface area (Å²) in [6, 6.07) is 5.64. The number of carbonyl (C=O) groups is 1. The van der Waals surface area contributed by atoms with E-state index >= 15 is 0 Å². The number of hydrogen-bond acceptors (Lipinski definition) is 3. The normalized spacial score (nSPS) is 10.9. The van der Waals surface area contributed by atoms with Gasteiger partial charge in [0, 0.05) is 24.2 Å². The summed E-state index contributed by atoms with van der Waals surface area (Å²) >= 11 is 0. The molecule has 0 fully saturated rings. The van der Waals surface area contributed by atoms with Crippen LogP contribution in [-0.4, -0.2) is 23.0 Å². The molecule has 4 nitrogen and oxygen atoms in total. The largest absolute Gasteiger partial charge is 0.478 e. The van der Waals surface area contributed by atoms with Crippen molar-refractivity contribution in [3.05, 3.63) is 59.3 Å². The van der Waals surface area contributed by atoms with Crippen LogP contribution in [0.3, 0.4) is 0 Å². The van der Waals surface area contributed by atoms with Gasteiger partial charge in [-0.25, -0.2) is 9.18 Å². The summed E-state index contributed by atoms with van der Waals surface area (Å²) in [6.07, 6.45) is 3.20. The maximum atomic E-state index is 13.6. The van der Waals surface area contributed by atoms with Crippen LogP contribution < -0.4 is 0 Å². The third kappa shape index (κ3) is 3.42. The lowest BCUT2D eigenvalue weighted by atomic mass is 10.1. The van der Waals surface area contributed by atoms with Gasteiger partial charge in [0.25, 0.3) is 0 Å². The molecule has 5 heteroatoms. The number of carboxylic acid groups (broad SMARTS) is 1. The molecule has 1 aromatic heterocycles. The molecule has 0 spiro atoms. The van der Waals surface area contributed by atoms with Gasteiger partial charge < -0.3 is 9.52 Å². The van der Waals surface area contributed by atoms with Crippen LogP contribution in [0.25, 0.3) is 0 Å². The molecule has 1 N–H and O–H groups in total. The Morgan fingerprint density at radius 2 is 2.16 bits per heavy atom. The second kappa shape index (κ2) is 5.67. The summed E-state index contributed by atoms with van der Waals surface area (Å²) in [5.41, 5.74) is 1.44. The van der Waals surface area contributed by atoms with Gasteiger partial charge in [-0.05, 0) is 31.3 Å². The van der Waals surface area contributed by atoms with Gasteiger partial charge in [0.2, 0.25) is 0 Å². The number of carboxylic acids is 1. The first-order valence-corrected chi connectivity index (χ1v) is 5.77. The van der Waals surface area contributed by atoms with Crippen LogP contribution in [0.5, 0.6) is 0 Å². The fourth-order valence-electron chi connectivity index (χ4n) is 1.87. The Morgan fingerprint density at radius 1 is 1.37 bits per heavy atom. The summed E-state index contributed by atoms with van der Waals surface area (Å²) < 4.78 is 18.6. The van der Waals surface area contributed by atoms with Crippen molar-refractivity contribution in [1.29, 1.82) is 0 Å². The van der Waals surface area contributed by atoms with Crippen LogP contribution in [0.4, 0.5) is 4.39 Å². The molecule has 0 aliphatic heterocycles. The van der Waals surface area contributed by atoms with Gasteiger partial charge in [-0.2, -0.15) is 0 Å². The molecule has 0 saturated carbocycles. The fraction of sp³-hybridized carbons (Fsp3) is 0.214. The van der Waals surface area contributed by atoms with Gasteiger partial charge >= 0.3 is 5.97 Å². The maximum Gasteiger partial charge on any atom is 0.335 e. The zero-order valence-electron chi connectivity index (χ0n) is 10.5. The molecule has 0 aliphatic rings.